The molecule has 2 aliphatic rings. The summed E-state index contributed by atoms with van der Waals surface area (Å²) in [5.41, 5.74) is 2.32. The van der Waals surface area contributed by atoms with E-state index in [9.17, 15) is 5.11 Å². The second-order valence-corrected chi connectivity index (χ2v) is 9.23. The van der Waals surface area contributed by atoms with E-state index in [2.05, 4.69) is 10.2 Å². The molecule has 2 N–H and O–H groups in total. The zero-order chi connectivity index (χ0) is 21.7. The third-order valence-electron chi connectivity index (χ3n) is 6.89. The minimum Gasteiger partial charge on any atom is -0.486 e. The number of halogens is 3. The number of nitrogens with one attached hydrogen (secondary N) is 1. The summed E-state index contributed by atoms with van der Waals surface area (Å²) in [6, 6.07) is 13.3. The van der Waals surface area contributed by atoms with Gasteiger partial charge in [0, 0.05) is 38.6 Å². The second kappa shape index (κ2) is 12.9. The van der Waals surface area contributed by atoms with Gasteiger partial charge in [-0.25, -0.2) is 4.39 Å². The van der Waals surface area contributed by atoms with Crippen LogP contribution in [0.1, 0.15) is 54.7 Å². The first-order chi connectivity index (χ1) is 15.0. The highest BCUT2D eigenvalue weighted by Crippen LogP contribution is 2.41. The highest BCUT2D eigenvalue weighted by molar-refractivity contribution is 5.85. The van der Waals surface area contributed by atoms with Crippen molar-refractivity contribution in [2.75, 3.05) is 32.7 Å². The molecule has 4 nitrogen and oxygen atoms in total. The van der Waals surface area contributed by atoms with E-state index in [1.807, 2.05) is 37.3 Å². The fraction of sp³-hybridized carbons (Fsp3) is 0.538. The van der Waals surface area contributed by atoms with Crippen LogP contribution in [0.15, 0.2) is 42.5 Å². The van der Waals surface area contributed by atoms with Crippen molar-refractivity contribution >= 4 is 24.8 Å². The summed E-state index contributed by atoms with van der Waals surface area (Å²) >= 11 is 0. The quantitative estimate of drug-likeness (QED) is 0.547. The summed E-state index contributed by atoms with van der Waals surface area (Å²) in [5, 5.41) is 14.9. The Kier molecular flexibility index (Phi) is 10.9. The van der Waals surface area contributed by atoms with Crippen LogP contribution < -0.4 is 10.1 Å². The van der Waals surface area contributed by atoms with E-state index in [4.69, 9.17) is 4.74 Å². The van der Waals surface area contributed by atoms with Gasteiger partial charge in [0.25, 0.3) is 0 Å². The summed E-state index contributed by atoms with van der Waals surface area (Å²) in [4.78, 5) is 2.40. The molecule has 7 heteroatoms. The van der Waals surface area contributed by atoms with Crippen molar-refractivity contribution in [2.24, 2.45) is 0 Å². The molecule has 0 bridgehead atoms. The van der Waals surface area contributed by atoms with Crippen molar-refractivity contribution in [1.29, 1.82) is 0 Å². The smallest absolute Gasteiger partial charge is 0.165 e. The first kappa shape index (κ1) is 27.9. The van der Waals surface area contributed by atoms with Gasteiger partial charge in [0.15, 0.2) is 11.6 Å². The lowest BCUT2D eigenvalue weighted by molar-refractivity contribution is -0.0317. The van der Waals surface area contributed by atoms with Gasteiger partial charge >= 0.3 is 0 Å². The van der Waals surface area contributed by atoms with Gasteiger partial charge in [-0.15, -0.1) is 24.8 Å². The maximum absolute atomic E-state index is 15.0. The number of piperazine rings is 1. The molecule has 0 radical (unpaired) electrons. The van der Waals surface area contributed by atoms with Crippen LogP contribution in [-0.4, -0.2) is 48.3 Å². The molecule has 1 heterocycles. The molecule has 1 aliphatic carbocycles. The number of aliphatic hydroxyl groups is 1. The van der Waals surface area contributed by atoms with Crippen molar-refractivity contribution in [1.82, 2.24) is 10.2 Å². The van der Waals surface area contributed by atoms with Gasteiger partial charge in [-0.05, 0) is 43.0 Å². The monoisotopic (exact) mass is 498 g/mol. The van der Waals surface area contributed by atoms with E-state index in [1.54, 1.807) is 12.1 Å². The molecule has 33 heavy (non-hydrogen) atoms. The third kappa shape index (κ3) is 7.30. The predicted molar refractivity (Wildman–Crippen MR) is 136 cm³/mol. The molecule has 0 amide bonds. The minimum absolute atomic E-state index is 0. The maximum Gasteiger partial charge on any atom is 0.165 e. The Morgan fingerprint density at radius 3 is 2.33 bits per heavy atom. The number of ether oxygens (including phenoxy) is 1. The number of nitrogens with zero attached hydrogens (tertiary/aromatic N) is 1. The second-order valence-electron chi connectivity index (χ2n) is 9.23. The Bertz CT molecular complexity index is 854. The maximum atomic E-state index is 15.0. The highest BCUT2D eigenvalue weighted by Gasteiger charge is 2.40. The standard InChI is InChI=1S/C26H35FN2O2.2ClH/c1-20-5-7-21(8-6-20)19-31-25-10-9-22(17-24(25)27)23(18-29-15-13-28-14-16-29)26(30)11-3-2-4-12-26;;/h5-10,17,23,28,30H,2-4,11-16,18-19H2,1H3;2*1H. The van der Waals surface area contributed by atoms with E-state index in [-0.39, 0.29) is 42.3 Å². The third-order valence-corrected chi connectivity index (χ3v) is 6.89. The van der Waals surface area contributed by atoms with Crippen LogP contribution in [0, 0.1) is 12.7 Å². The number of hydrogen-bond acceptors (Lipinski definition) is 4. The summed E-state index contributed by atoms with van der Waals surface area (Å²) in [6.07, 6.45) is 4.82. The Balaban J connectivity index is 0.00000193. The molecule has 1 unspecified atom stereocenters. The molecule has 0 spiro atoms. The van der Waals surface area contributed by atoms with Gasteiger partial charge in [0.1, 0.15) is 6.61 Å². The normalized spacial score (nSPS) is 19.1. The molecule has 0 aromatic heterocycles. The molecule has 1 aliphatic heterocycles. The van der Waals surface area contributed by atoms with Gasteiger partial charge in [-0.3, -0.25) is 0 Å². The number of aryl methyl sites for hydroxylation is 1. The van der Waals surface area contributed by atoms with Gasteiger partial charge < -0.3 is 20.1 Å². The zero-order valence-corrected chi connectivity index (χ0v) is 21.0. The predicted octanol–water partition coefficient (Wildman–Crippen LogP) is 5.24. The van der Waals surface area contributed by atoms with Gasteiger partial charge in [-0.1, -0.05) is 55.2 Å². The van der Waals surface area contributed by atoms with Crippen LogP contribution >= 0.6 is 24.8 Å². The SMILES string of the molecule is Cc1ccc(COc2ccc(C(CN3CCNCC3)C3(O)CCCCC3)cc2F)cc1.Cl.Cl. The highest BCUT2D eigenvalue weighted by atomic mass is 35.5. The van der Waals surface area contributed by atoms with Crippen molar-refractivity contribution in [2.45, 2.75) is 57.2 Å². The lowest BCUT2D eigenvalue weighted by Crippen LogP contribution is -2.49. The van der Waals surface area contributed by atoms with Crippen LogP contribution in [0.4, 0.5) is 4.39 Å². The topological polar surface area (TPSA) is 44.7 Å². The average Bonchev–Trinajstić information content (AvgIpc) is 2.79. The summed E-state index contributed by atoms with van der Waals surface area (Å²) in [7, 11) is 0. The molecule has 1 atom stereocenters. The molecule has 184 valence electrons. The molecule has 2 aromatic rings. The Morgan fingerprint density at radius 1 is 1.03 bits per heavy atom. The number of rotatable bonds is 7. The number of hydrogen-bond donors (Lipinski definition) is 2. The van der Waals surface area contributed by atoms with E-state index < -0.39 is 5.60 Å². The molecule has 1 saturated carbocycles. The largest absolute Gasteiger partial charge is 0.486 e. The van der Waals surface area contributed by atoms with Crippen molar-refractivity contribution in [3.63, 3.8) is 0 Å². The Morgan fingerprint density at radius 2 is 1.70 bits per heavy atom. The Labute approximate surface area is 209 Å². The van der Waals surface area contributed by atoms with Crippen molar-refractivity contribution in [3.05, 3.63) is 65.0 Å². The summed E-state index contributed by atoms with van der Waals surface area (Å²) in [6.45, 7) is 7.00. The van der Waals surface area contributed by atoms with E-state index in [0.29, 0.717) is 6.61 Å². The molecule has 2 fully saturated rings. The summed E-state index contributed by atoms with van der Waals surface area (Å²) in [5.74, 6) is -0.179. The lowest BCUT2D eigenvalue weighted by Gasteiger charge is -2.42. The lowest BCUT2D eigenvalue weighted by atomic mass is 9.72. The fourth-order valence-corrected chi connectivity index (χ4v) is 4.95. The van der Waals surface area contributed by atoms with E-state index in [1.165, 1.54) is 12.0 Å². The number of benzene rings is 2. The van der Waals surface area contributed by atoms with Crippen molar-refractivity contribution in [3.8, 4) is 5.75 Å². The van der Waals surface area contributed by atoms with E-state index >= 15 is 4.39 Å². The van der Waals surface area contributed by atoms with Crippen LogP contribution in [0.5, 0.6) is 5.75 Å². The van der Waals surface area contributed by atoms with Gasteiger partial charge in [0.05, 0.1) is 5.60 Å². The van der Waals surface area contributed by atoms with Gasteiger partial charge in [-0.2, -0.15) is 0 Å². The fourth-order valence-electron chi connectivity index (χ4n) is 4.95. The summed E-state index contributed by atoms with van der Waals surface area (Å²) < 4.78 is 20.8. The van der Waals surface area contributed by atoms with Crippen LogP contribution in [-0.2, 0) is 6.61 Å². The first-order valence-electron chi connectivity index (χ1n) is 11.7. The molecular formula is C26H37Cl2FN2O2. The average molecular weight is 499 g/mol. The van der Waals surface area contributed by atoms with Gasteiger partial charge in [0.2, 0.25) is 0 Å². The van der Waals surface area contributed by atoms with E-state index in [0.717, 1.165) is 69.5 Å². The minimum atomic E-state index is -0.764. The van der Waals surface area contributed by atoms with Crippen LogP contribution in [0.2, 0.25) is 0 Å². The molecule has 1 saturated heterocycles. The Hall–Kier alpha value is -1.37. The first-order valence-corrected chi connectivity index (χ1v) is 11.7. The zero-order valence-electron chi connectivity index (χ0n) is 19.4. The van der Waals surface area contributed by atoms with Crippen molar-refractivity contribution < 1.29 is 14.2 Å². The molecule has 2 aromatic carbocycles. The molecule has 4 rings (SSSR count). The van der Waals surface area contributed by atoms with Crippen LogP contribution in [0.25, 0.3) is 0 Å². The molecular weight excluding hydrogens is 462 g/mol. The van der Waals surface area contributed by atoms with Crippen LogP contribution in [0.3, 0.4) is 0 Å².